The van der Waals surface area contributed by atoms with Crippen molar-refractivity contribution in [3.63, 3.8) is 0 Å². The summed E-state index contributed by atoms with van der Waals surface area (Å²) in [7, 11) is 0. The first-order valence-electron chi connectivity index (χ1n) is 6.51. The van der Waals surface area contributed by atoms with Crippen LogP contribution < -0.4 is 5.73 Å². The van der Waals surface area contributed by atoms with E-state index in [4.69, 9.17) is 5.73 Å². The summed E-state index contributed by atoms with van der Waals surface area (Å²) in [6.45, 7) is 2.03. The molecule has 1 aromatic rings. The van der Waals surface area contributed by atoms with E-state index in [1.165, 1.54) is 41.0 Å². The Balaban J connectivity index is 2.21. The molecule has 1 atom stereocenters. The van der Waals surface area contributed by atoms with Crippen LogP contribution in [0.4, 0.5) is 4.39 Å². The molecule has 2 rings (SSSR count). The van der Waals surface area contributed by atoms with Crippen molar-refractivity contribution in [2.45, 2.75) is 13.0 Å². The molecule has 1 aromatic carbocycles. The number of hydrogen-bond donors (Lipinski definition) is 1. The molecule has 21 heavy (non-hydrogen) atoms. The highest BCUT2D eigenvalue weighted by molar-refractivity contribution is 5.97. The van der Waals surface area contributed by atoms with Gasteiger partial charge in [-0.1, -0.05) is 0 Å². The third-order valence-corrected chi connectivity index (χ3v) is 3.51. The lowest BCUT2D eigenvalue weighted by atomic mass is 10.1. The lowest BCUT2D eigenvalue weighted by Crippen LogP contribution is -2.60. The van der Waals surface area contributed by atoms with Crippen LogP contribution in [0.1, 0.15) is 17.3 Å². The Bertz CT molecular complexity index is 573. The molecule has 6 nitrogen and oxygen atoms in total. The molecule has 1 aliphatic rings. The molecule has 3 amide bonds. The van der Waals surface area contributed by atoms with Gasteiger partial charge in [0.1, 0.15) is 11.9 Å². The molecule has 0 aliphatic carbocycles. The van der Waals surface area contributed by atoms with Crippen LogP contribution in [0.3, 0.4) is 0 Å². The van der Waals surface area contributed by atoms with E-state index in [0.29, 0.717) is 6.54 Å². The minimum Gasteiger partial charge on any atom is -0.368 e. The Morgan fingerprint density at radius 2 is 1.81 bits per heavy atom. The maximum Gasteiger partial charge on any atom is 0.254 e. The summed E-state index contributed by atoms with van der Waals surface area (Å²) in [5, 5.41) is 0. The van der Waals surface area contributed by atoms with Crippen LogP contribution in [-0.4, -0.2) is 53.2 Å². The highest BCUT2D eigenvalue weighted by Crippen LogP contribution is 2.15. The van der Waals surface area contributed by atoms with Crippen molar-refractivity contribution in [3.05, 3.63) is 35.6 Å². The third-order valence-electron chi connectivity index (χ3n) is 3.51. The Labute approximate surface area is 121 Å². The number of piperazine rings is 1. The summed E-state index contributed by atoms with van der Waals surface area (Å²) in [5.41, 5.74) is 5.61. The number of nitrogens with zero attached hydrogens (tertiary/aromatic N) is 2. The van der Waals surface area contributed by atoms with E-state index in [1.807, 2.05) is 0 Å². The zero-order valence-corrected chi connectivity index (χ0v) is 11.6. The van der Waals surface area contributed by atoms with Gasteiger partial charge in [-0.2, -0.15) is 0 Å². The van der Waals surface area contributed by atoms with Crippen LogP contribution in [0, 0.1) is 5.82 Å². The van der Waals surface area contributed by atoms with Gasteiger partial charge in [0.2, 0.25) is 11.8 Å². The van der Waals surface area contributed by atoms with Crippen molar-refractivity contribution >= 4 is 17.7 Å². The average molecular weight is 293 g/mol. The molecule has 0 aromatic heterocycles. The van der Waals surface area contributed by atoms with Gasteiger partial charge < -0.3 is 15.5 Å². The average Bonchev–Trinajstić information content (AvgIpc) is 2.46. The van der Waals surface area contributed by atoms with E-state index in [1.54, 1.807) is 0 Å². The van der Waals surface area contributed by atoms with Crippen LogP contribution in [0.5, 0.6) is 0 Å². The van der Waals surface area contributed by atoms with Gasteiger partial charge in [0.25, 0.3) is 5.91 Å². The first kappa shape index (κ1) is 15.0. The van der Waals surface area contributed by atoms with E-state index in [-0.39, 0.29) is 24.6 Å². The van der Waals surface area contributed by atoms with E-state index in [2.05, 4.69) is 0 Å². The van der Waals surface area contributed by atoms with E-state index in [9.17, 15) is 18.8 Å². The molecule has 0 saturated carbocycles. The predicted molar refractivity (Wildman–Crippen MR) is 72.7 cm³/mol. The summed E-state index contributed by atoms with van der Waals surface area (Å²) in [4.78, 5) is 38.1. The summed E-state index contributed by atoms with van der Waals surface area (Å²) < 4.78 is 12.9. The first-order valence-corrected chi connectivity index (χ1v) is 6.51. The van der Waals surface area contributed by atoms with Gasteiger partial charge in [0.15, 0.2) is 0 Å². The largest absolute Gasteiger partial charge is 0.368 e. The number of primary amides is 1. The first-order chi connectivity index (χ1) is 9.90. The Morgan fingerprint density at radius 1 is 1.19 bits per heavy atom. The van der Waals surface area contributed by atoms with Crippen LogP contribution in [0.15, 0.2) is 24.3 Å². The fraction of sp³-hybridized carbons (Fsp3) is 0.357. The van der Waals surface area contributed by atoms with Crippen molar-refractivity contribution in [3.8, 4) is 0 Å². The fourth-order valence-electron chi connectivity index (χ4n) is 2.31. The van der Waals surface area contributed by atoms with Crippen LogP contribution in [-0.2, 0) is 9.59 Å². The number of hydrogen-bond acceptors (Lipinski definition) is 3. The molecule has 1 fully saturated rings. The third kappa shape index (κ3) is 3.18. The number of benzene rings is 1. The molecule has 112 valence electrons. The van der Waals surface area contributed by atoms with E-state index < -0.39 is 23.7 Å². The standard InChI is InChI=1S/C14H16FN3O3/c1-9(19)17-6-7-18(12(8-17)13(16)20)14(21)10-2-4-11(15)5-3-10/h2-5,12H,6-8H2,1H3,(H2,16,20)/t12-/m0/s1. The molecule has 2 N–H and O–H groups in total. The molecular weight excluding hydrogens is 277 g/mol. The summed E-state index contributed by atoms with van der Waals surface area (Å²) in [5.74, 6) is -1.69. The quantitative estimate of drug-likeness (QED) is 0.832. The SMILES string of the molecule is CC(=O)N1CCN(C(=O)c2ccc(F)cc2)[C@H](C(N)=O)C1. The van der Waals surface area contributed by atoms with Gasteiger partial charge in [0, 0.05) is 25.6 Å². The zero-order chi connectivity index (χ0) is 15.6. The molecule has 1 heterocycles. The number of carbonyl (C=O) groups excluding carboxylic acids is 3. The van der Waals surface area contributed by atoms with Gasteiger partial charge in [-0.15, -0.1) is 0 Å². The summed E-state index contributed by atoms with van der Waals surface area (Å²) in [6, 6.07) is 4.19. The van der Waals surface area contributed by atoms with Gasteiger partial charge in [-0.05, 0) is 24.3 Å². The molecule has 1 saturated heterocycles. The van der Waals surface area contributed by atoms with Gasteiger partial charge in [-0.25, -0.2) is 4.39 Å². The molecule has 0 spiro atoms. The van der Waals surface area contributed by atoms with E-state index >= 15 is 0 Å². The second-order valence-electron chi connectivity index (χ2n) is 4.89. The van der Waals surface area contributed by atoms with Gasteiger partial charge in [0.05, 0.1) is 6.54 Å². The minimum atomic E-state index is -0.875. The predicted octanol–water partition coefficient (Wildman–Crippen LogP) is -0.0161. The molecule has 0 bridgehead atoms. The number of carbonyl (C=O) groups is 3. The lowest BCUT2D eigenvalue weighted by Gasteiger charge is -2.39. The second-order valence-corrected chi connectivity index (χ2v) is 4.89. The topological polar surface area (TPSA) is 83.7 Å². The van der Waals surface area contributed by atoms with Crippen molar-refractivity contribution in [1.82, 2.24) is 9.80 Å². The molecule has 1 aliphatic heterocycles. The fourth-order valence-corrected chi connectivity index (χ4v) is 2.31. The summed E-state index contributed by atoms with van der Waals surface area (Å²) in [6.07, 6.45) is 0. The van der Waals surface area contributed by atoms with Crippen LogP contribution in [0.2, 0.25) is 0 Å². The number of amides is 3. The Hall–Kier alpha value is -2.44. The highest BCUT2D eigenvalue weighted by atomic mass is 19.1. The summed E-state index contributed by atoms with van der Waals surface area (Å²) >= 11 is 0. The molecule has 7 heteroatoms. The van der Waals surface area contributed by atoms with Crippen LogP contribution in [0.25, 0.3) is 0 Å². The van der Waals surface area contributed by atoms with Crippen molar-refractivity contribution < 1.29 is 18.8 Å². The molecule has 0 radical (unpaired) electrons. The van der Waals surface area contributed by atoms with Gasteiger partial charge >= 0.3 is 0 Å². The number of nitrogens with two attached hydrogens (primary N) is 1. The molecular formula is C14H16FN3O3. The zero-order valence-electron chi connectivity index (χ0n) is 11.6. The highest BCUT2D eigenvalue weighted by Gasteiger charge is 2.35. The van der Waals surface area contributed by atoms with Crippen molar-refractivity contribution in [2.24, 2.45) is 5.73 Å². The van der Waals surface area contributed by atoms with Gasteiger partial charge in [-0.3, -0.25) is 14.4 Å². The monoisotopic (exact) mass is 293 g/mol. The van der Waals surface area contributed by atoms with Crippen molar-refractivity contribution in [1.29, 1.82) is 0 Å². The lowest BCUT2D eigenvalue weighted by molar-refractivity contribution is -0.134. The maximum atomic E-state index is 12.9. The Morgan fingerprint density at radius 3 is 2.33 bits per heavy atom. The Kier molecular flexibility index (Phi) is 4.21. The normalized spacial score (nSPS) is 18.5. The second kappa shape index (κ2) is 5.90. The smallest absolute Gasteiger partial charge is 0.254 e. The number of rotatable bonds is 2. The van der Waals surface area contributed by atoms with Crippen molar-refractivity contribution in [2.75, 3.05) is 19.6 Å². The minimum absolute atomic E-state index is 0.0810. The number of halogens is 1. The maximum absolute atomic E-state index is 12.9. The molecule has 0 unspecified atom stereocenters. The van der Waals surface area contributed by atoms with E-state index in [0.717, 1.165) is 0 Å². The van der Waals surface area contributed by atoms with Crippen LogP contribution >= 0.6 is 0 Å².